The first-order chi connectivity index (χ1) is 8.55. The molecule has 3 nitrogen and oxygen atoms in total. The molecule has 1 aromatic heterocycles. The molecule has 0 saturated heterocycles. The van der Waals surface area contributed by atoms with Crippen molar-refractivity contribution in [3.05, 3.63) is 30.1 Å². The maximum atomic E-state index is 5.76. The monoisotopic (exact) mass is 248 g/mol. The first-order valence-corrected chi connectivity index (χ1v) is 6.83. The number of hydrogen-bond acceptors (Lipinski definition) is 3. The predicted octanol–water partition coefficient (Wildman–Crippen LogP) is 2.94. The van der Waals surface area contributed by atoms with Gasteiger partial charge in [-0.05, 0) is 38.0 Å². The summed E-state index contributed by atoms with van der Waals surface area (Å²) in [6, 6.07) is 5.03. The van der Waals surface area contributed by atoms with Gasteiger partial charge in [-0.2, -0.15) is 0 Å². The van der Waals surface area contributed by atoms with E-state index in [1.165, 1.54) is 5.56 Å². The van der Waals surface area contributed by atoms with Gasteiger partial charge in [0, 0.05) is 36.5 Å². The highest BCUT2D eigenvalue weighted by Gasteiger charge is 2.48. The van der Waals surface area contributed by atoms with Crippen LogP contribution >= 0.6 is 0 Å². The van der Waals surface area contributed by atoms with E-state index in [0.717, 1.165) is 13.0 Å². The molecule has 18 heavy (non-hydrogen) atoms. The third-order valence-corrected chi connectivity index (χ3v) is 4.20. The second-order valence-electron chi connectivity index (χ2n) is 5.72. The Morgan fingerprint density at radius 1 is 1.44 bits per heavy atom. The van der Waals surface area contributed by atoms with Gasteiger partial charge in [-0.1, -0.05) is 13.8 Å². The van der Waals surface area contributed by atoms with Gasteiger partial charge in [0.05, 0.1) is 6.10 Å². The van der Waals surface area contributed by atoms with Gasteiger partial charge in [-0.3, -0.25) is 4.98 Å². The number of nitrogens with one attached hydrogen (secondary N) is 1. The Hall–Kier alpha value is -0.930. The molecule has 0 spiro atoms. The van der Waals surface area contributed by atoms with Crippen molar-refractivity contribution in [1.29, 1.82) is 0 Å². The number of hydrogen-bond donors (Lipinski definition) is 1. The molecular formula is C15H24N2O. The Bertz CT molecular complexity index is 377. The summed E-state index contributed by atoms with van der Waals surface area (Å²) in [7, 11) is 0. The highest BCUT2D eigenvalue weighted by molar-refractivity contribution is 5.15. The summed E-state index contributed by atoms with van der Waals surface area (Å²) < 4.78 is 5.76. The van der Waals surface area contributed by atoms with Crippen LogP contribution in [0, 0.1) is 5.41 Å². The number of nitrogens with zero attached hydrogens (tertiary/aromatic N) is 1. The third-order valence-electron chi connectivity index (χ3n) is 4.20. The van der Waals surface area contributed by atoms with Crippen LogP contribution < -0.4 is 5.32 Å². The van der Waals surface area contributed by atoms with E-state index in [1.54, 1.807) is 0 Å². The van der Waals surface area contributed by atoms with Gasteiger partial charge < -0.3 is 10.1 Å². The predicted molar refractivity (Wildman–Crippen MR) is 73.4 cm³/mol. The van der Waals surface area contributed by atoms with Crippen LogP contribution in [0.25, 0.3) is 0 Å². The van der Waals surface area contributed by atoms with E-state index >= 15 is 0 Å². The van der Waals surface area contributed by atoms with Crippen LogP contribution in [-0.2, 0) is 4.74 Å². The van der Waals surface area contributed by atoms with Crippen molar-refractivity contribution in [2.75, 3.05) is 6.61 Å². The van der Waals surface area contributed by atoms with Crippen molar-refractivity contribution in [2.24, 2.45) is 5.41 Å². The Kier molecular flexibility index (Phi) is 4.03. The molecule has 1 N–H and O–H groups in total. The van der Waals surface area contributed by atoms with Crippen LogP contribution in [0.3, 0.4) is 0 Å². The zero-order valence-corrected chi connectivity index (χ0v) is 11.8. The molecule has 1 aliphatic carbocycles. The highest BCUT2D eigenvalue weighted by atomic mass is 16.5. The summed E-state index contributed by atoms with van der Waals surface area (Å²) in [6.45, 7) is 9.65. The zero-order valence-electron chi connectivity index (χ0n) is 11.8. The van der Waals surface area contributed by atoms with E-state index in [1.807, 2.05) is 12.4 Å². The SMILES string of the molecule is CCOC1CC(NC(C)c2ccncc2)C1(C)C. The van der Waals surface area contributed by atoms with Crippen LogP contribution in [0.15, 0.2) is 24.5 Å². The highest BCUT2D eigenvalue weighted by Crippen LogP contribution is 2.43. The van der Waals surface area contributed by atoms with Crippen molar-refractivity contribution in [1.82, 2.24) is 10.3 Å². The standard InChI is InChI=1S/C15H24N2O/c1-5-18-14-10-13(15(14,3)4)17-11(2)12-6-8-16-9-7-12/h6-9,11,13-14,17H,5,10H2,1-4H3. The lowest BCUT2D eigenvalue weighted by Gasteiger charge is -2.52. The molecule has 3 atom stereocenters. The molecule has 100 valence electrons. The van der Waals surface area contributed by atoms with Crippen molar-refractivity contribution < 1.29 is 4.74 Å². The average Bonchev–Trinajstić information content (AvgIpc) is 2.38. The summed E-state index contributed by atoms with van der Waals surface area (Å²) in [5.41, 5.74) is 1.51. The maximum Gasteiger partial charge on any atom is 0.0655 e. The van der Waals surface area contributed by atoms with E-state index in [-0.39, 0.29) is 5.41 Å². The second kappa shape index (κ2) is 5.37. The fourth-order valence-corrected chi connectivity index (χ4v) is 2.70. The molecule has 1 aromatic rings. The molecule has 3 heteroatoms. The molecule has 2 rings (SSSR count). The van der Waals surface area contributed by atoms with Gasteiger partial charge >= 0.3 is 0 Å². The smallest absolute Gasteiger partial charge is 0.0655 e. The average molecular weight is 248 g/mol. The zero-order chi connectivity index (χ0) is 13.2. The van der Waals surface area contributed by atoms with Gasteiger partial charge in [0.25, 0.3) is 0 Å². The lowest BCUT2D eigenvalue weighted by atomic mass is 9.64. The molecule has 0 amide bonds. The fraction of sp³-hybridized carbons (Fsp3) is 0.667. The first kappa shape index (κ1) is 13.5. The Balaban J connectivity index is 1.92. The minimum Gasteiger partial charge on any atom is -0.378 e. The minimum absolute atomic E-state index is 0.220. The molecule has 1 saturated carbocycles. The van der Waals surface area contributed by atoms with Crippen LogP contribution in [-0.4, -0.2) is 23.7 Å². The minimum atomic E-state index is 0.220. The molecule has 3 unspecified atom stereocenters. The molecule has 1 fully saturated rings. The van der Waals surface area contributed by atoms with E-state index in [4.69, 9.17) is 4.74 Å². The largest absolute Gasteiger partial charge is 0.378 e. The second-order valence-corrected chi connectivity index (χ2v) is 5.72. The van der Waals surface area contributed by atoms with Crippen molar-refractivity contribution >= 4 is 0 Å². The normalized spacial score (nSPS) is 27.6. The molecule has 0 aliphatic heterocycles. The van der Waals surface area contributed by atoms with Crippen LogP contribution in [0.2, 0.25) is 0 Å². The molecule has 0 bridgehead atoms. The molecule has 1 aliphatic rings. The summed E-state index contributed by atoms with van der Waals surface area (Å²) in [5, 5.41) is 3.70. The molecule has 1 heterocycles. The topological polar surface area (TPSA) is 34.1 Å². The van der Waals surface area contributed by atoms with Crippen molar-refractivity contribution in [3.63, 3.8) is 0 Å². The van der Waals surface area contributed by atoms with E-state index < -0.39 is 0 Å². The fourth-order valence-electron chi connectivity index (χ4n) is 2.70. The summed E-state index contributed by atoms with van der Waals surface area (Å²) in [4.78, 5) is 4.06. The molecule has 0 radical (unpaired) electrons. The Morgan fingerprint density at radius 2 is 2.11 bits per heavy atom. The van der Waals surface area contributed by atoms with E-state index in [0.29, 0.717) is 18.2 Å². The summed E-state index contributed by atoms with van der Waals surface area (Å²) in [6.07, 6.45) is 5.20. The van der Waals surface area contributed by atoms with Crippen LogP contribution in [0.4, 0.5) is 0 Å². The Labute approximate surface area is 110 Å². The third kappa shape index (κ3) is 2.57. The van der Waals surface area contributed by atoms with Gasteiger partial charge in [-0.15, -0.1) is 0 Å². The summed E-state index contributed by atoms with van der Waals surface area (Å²) >= 11 is 0. The quantitative estimate of drug-likeness (QED) is 0.870. The van der Waals surface area contributed by atoms with Crippen LogP contribution in [0.1, 0.15) is 45.7 Å². The molecular weight excluding hydrogens is 224 g/mol. The number of ether oxygens (including phenoxy) is 1. The first-order valence-electron chi connectivity index (χ1n) is 6.83. The maximum absolute atomic E-state index is 5.76. The van der Waals surface area contributed by atoms with Crippen molar-refractivity contribution in [3.8, 4) is 0 Å². The van der Waals surface area contributed by atoms with Gasteiger partial charge in [0.1, 0.15) is 0 Å². The van der Waals surface area contributed by atoms with Gasteiger partial charge in [0.15, 0.2) is 0 Å². The lowest BCUT2D eigenvalue weighted by molar-refractivity contribution is -0.116. The Morgan fingerprint density at radius 3 is 2.67 bits per heavy atom. The number of rotatable bonds is 5. The summed E-state index contributed by atoms with van der Waals surface area (Å²) in [5.74, 6) is 0. The van der Waals surface area contributed by atoms with Gasteiger partial charge in [-0.25, -0.2) is 0 Å². The van der Waals surface area contributed by atoms with E-state index in [2.05, 4.69) is 50.1 Å². The lowest BCUT2D eigenvalue weighted by Crippen LogP contribution is -2.61. The van der Waals surface area contributed by atoms with Crippen LogP contribution in [0.5, 0.6) is 0 Å². The number of aromatic nitrogens is 1. The van der Waals surface area contributed by atoms with Crippen molar-refractivity contribution in [2.45, 2.75) is 52.3 Å². The van der Waals surface area contributed by atoms with E-state index in [9.17, 15) is 0 Å². The molecule has 0 aromatic carbocycles. The number of pyridine rings is 1. The van der Waals surface area contributed by atoms with Gasteiger partial charge in [0.2, 0.25) is 0 Å².